The van der Waals surface area contributed by atoms with Gasteiger partial charge in [-0.1, -0.05) is 35.9 Å². The molecule has 0 fully saturated rings. The summed E-state index contributed by atoms with van der Waals surface area (Å²) < 4.78 is 16.8. The fourth-order valence-corrected chi connectivity index (χ4v) is 3.71. The van der Waals surface area contributed by atoms with Crippen LogP contribution < -0.4 is 4.74 Å². The van der Waals surface area contributed by atoms with Crippen LogP contribution in [-0.2, 0) is 22.5 Å². The van der Waals surface area contributed by atoms with Crippen LogP contribution in [0.5, 0.6) is 5.75 Å². The van der Waals surface area contributed by atoms with Gasteiger partial charge >= 0.3 is 0 Å². The first-order chi connectivity index (χ1) is 14.0. The van der Waals surface area contributed by atoms with Gasteiger partial charge in [0.25, 0.3) is 0 Å². The van der Waals surface area contributed by atoms with Crippen molar-refractivity contribution in [2.75, 3.05) is 13.9 Å². The first-order valence-corrected chi connectivity index (χ1v) is 10.1. The van der Waals surface area contributed by atoms with E-state index >= 15 is 0 Å². The molecular formula is C25H31NO3. The smallest absolute Gasteiger partial charge is 0.188 e. The maximum absolute atomic E-state index is 6.31. The molecule has 4 nitrogen and oxygen atoms in total. The summed E-state index contributed by atoms with van der Waals surface area (Å²) in [6.07, 6.45) is 1.86. The van der Waals surface area contributed by atoms with Crippen molar-refractivity contribution in [3.8, 4) is 5.75 Å². The molecule has 1 atom stereocenters. The van der Waals surface area contributed by atoms with Crippen molar-refractivity contribution in [2.45, 2.75) is 53.2 Å². The van der Waals surface area contributed by atoms with Crippen molar-refractivity contribution < 1.29 is 14.2 Å². The van der Waals surface area contributed by atoms with Crippen LogP contribution in [-0.4, -0.2) is 25.0 Å². The highest BCUT2D eigenvalue weighted by Gasteiger charge is 2.24. The maximum atomic E-state index is 6.31. The normalized spacial score (nSPS) is 17.1. The quantitative estimate of drug-likeness (QED) is 0.551. The predicted molar refractivity (Wildman–Crippen MR) is 116 cm³/mol. The molecule has 0 N–H and O–H groups in total. The number of ether oxygens (including phenoxy) is 3. The number of allylic oxidation sites excluding steroid dienone is 2. The van der Waals surface area contributed by atoms with E-state index in [1.54, 1.807) is 7.11 Å². The Labute approximate surface area is 174 Å². The minimum Gasteiger partial charge on any atom is -0.466 e. The van der Waals surface area contributed by atoms with E-state index in [0.29, 0.717) is 6.61 Å². The van der Waals surface area contributed by atoms with Gasteiger partial charge in [-0.05, 0) is 68.5 Å². The van der Waals surface area contributed by atoms with Gasteiger partial charge in [-0.15, -0.1) is 0 Å². The van der Waals surface area contributed by atoms with Gasteiger partial charge in [-0.2, -0.15) is 0 Å². The molecule has 0 bridgehead atoms. The van der Waals surface area contributed by atoms with Crippen LogP contribution in [0.25, 0.3) is 0 Å². The van der Waals surface area contributed by atoms with Gasteiger partial charge in [0.05, 0.1) is 18.4 Å². The summed E-state index contributed by atoms with van der Waals surface area (Å²) in [6.45, 7) is 9.45. The topological polar surface area (TPSA) is 40.6 Å². The maximum Gasteiger partial charge on any atom is 0.188 e. The minimum atomic E-state index is 0.110. The summed E-state index contributed by atoms with van der Waals surface area (Å²) in [7, 11) is 1.61. The van der Waals surface area contributed by atoms with E-state index in [1.165, 1.54) is 27.9 Å². The molecule has 154 valence electrons. The number of methoxy groups -OCH3 is 1. The zero-order valence-electron chi connectivity index (χ0n) is 18.1. The molecule has 0 radical (unpaired) electrons. The SMILES string of the molecule is COCOc1ccc(CC2=C(C)C(OCc3ccccc3)CC(C)=C2C)nc1C. The molecule has 1 aromatic carbocycles. The standard InChI is InChI=1S/C25H31NO3/c1-17-13-25(28-15-21-9-7-6-8-10-21)19(3)23(18(17)2)14-22-11-12-24(20(4)26-22)29-16-27-5/h6-12,25H,13-16H2,1-5H3. The van der Waals surface area contributed by atoms with Crippen LogP contribution >= 0.6 is 0 Å². The third-order valence-electron chi connectivity index (χ3n) is 5.62. The average Bonchev–Trinajstić information content (AvgIpc) is 2.73. The minimum absolute atomic E-state index is 0.110. The van der Waals surface area contributed by atoms with Crippen LogP contribution in [0.3, 0.4) is 0 Å². The molecule has 4 heteroatoms. The molecule has 1 heterocycles. The number of rotatable bonds is 8. The van der Waals surface area contributed by atoms with E-state index in [0.717, 1.165) is 30.0 Å². The number of benzene rings is 1. The average molecular weight is 394 g/mol. The molecule has 1 aromatic heterocycles. The number of pyridine rings is 1. The summed E-state index contributed by atoms with van der Waals surface area (Å²) in [5.74, 6) is 0.762. The number of hydrogen-bond donors (Lipinski definition) is 0. The van der Waals surface area contributed by atoms with E-state index in [4.69, 9.17) is 19.2 Å². The second kappa shape index (κ2) is 9.86. The van der Waals surface area contributed by atoms with Crippen LogP contribution in [0.1, 0.15) is 44.1 Å². The van der Waals surface area contributed by atoms with E-state index < -0.39 is 0 Å². The van der Waals surface area contributed by atoms with Crippen molar-refractivity contribution in [2.24, 2.45) is 0 Å². The number of aromatic nitrogens is 1. The fraction of sp³-hybridized carbons (Fsp3) is 0.400. The Morgan fingerprint density at radius 2 is 1.76 bits per heavy atom. The lowest BCUT2D eigenvalue weighted by atomic mass is 9.83. The Morgan fingerprint density at radius 1 is 1.00 bits per heavy atom. The summed E-state index contributed by atoms with van der Waals surface area (Å²) in [5.41, 5.74) is 8.52. The number of nitrogens with zero attached hydrogens (tertiary/aromatic N) is 1. The van der Waals surface area contributed by atoms with Gasteiger partial charge in [0.2, 0.25) is 0 Å². The van der Waals surface area contributed by atoms with Crippen LogP contribution in [0.4, 0.5) is 0 Å². The van der Waals surface area contributed by atoms with Crippen molar-refractivity contribution >= 4 is 0 Å². The van der Waals surface area contributed by atoms with Crippen LogP contribution in [0.2, 0.25) is 0 Å². The zero-order chi connectivity index (χ0) is 20.8. The molecule has 3 rings (SSSR count). The fourth-order valence-electron chi connectivity index (χ4n) is 3.71. The number of aryl methyl sites for hydroxylation is 1. The third-order valence-corrected chi connectivity index (χ3v) is 5.62. The monoisotopic (exact) mass is 393 g/mol. The highest BCUT2D eigenvalue weighted by Crippen LogP contribution is 2.34. The van der Waals surface area contributed by atoms with Gasteiger partial charge in [0.15, 0.2) is 6.79 Å². The molecule has 29 heavy (non-hydrogen) atoms. The van der Waals surface area contributed by atoms with Crippen LogP contribution in [0, 0.1) is 6.92 Å². The first-order valence-electron chi connectivity index (χ1n) is 10.1. The summed E-state index contributed by atoms with van der Waals surface area (Å²) >= 11 is 0. The van der Waals surface area contributed by atoms with Crippen molar-refractivity contribution in [3.05, 3.63) is 81.7 Å². The summed E-state index contributed by atoms with van der Waals surface area (Å²) in [5, 5.41) is 0. The molecule has 0 saturated heterocycles. The lowest BCUT2D eigenvalue weighted by molar-refractivity contribution is 0.0503. The van der Waals surface area contributed by atoms with E-state index in [-0.39, 0.29) is 12.9 Å². The molecule has 0 amide bonds. The van der Waals surface area contributed by atoms with Gasteiger partial charge in [-0.3, -0.25) is 4.98 Å². The number of hydrogen-bond acceptors (Lipinski definition) is 4. The van der Waals surface area contributed by atoms with E-state index in [1.807, 2.05) is 25.1 Å². The lowest BCUT2D eigenvalue weighted by Crippen LogP contribution is -2.22. The van der Waals surface area contributed by atoms with Crippen LogP contribution in [0.15, 0.2) is 64.8 Å². The molecule has 0 spiro atoms. The Kier molecular flexibility index (Phi) is 7.24. The van der Waals surface area contributed by atoms with Gasteiger partial charge in [0, 0.05) is 19.2 Å². The lowest BCUT2D eigenvalue weighted by Gasteiger charge is -2.29. The van der Waals surface area contributed by atoms with Gasteiger partial charge in [-0.25, -0.2) is 0 Å². The van der Waals surface area contributed by atoms with Crippen molar-refractivity contribution in [1.29, 1.82) is 0 Å². The van der Waals surface area contributed by atoms with Gasteiger partial charge in [0.1, 0.15) is 5.75 Å². The Bertz CT molecular complexity index is 900. The second-order valence-electron chi connectivity index (χ2n) is 7.67. The molecule has 0 saturated carbocycles. The van der Waals surface area contributed by atoms with Gasteiger partial charge < -0.3 is 14.2 Å². The zero-order valence-corrected chi connectivity index (χ0v) is 18.1. The second-order valence-corrected chi connectivity index (χ2v) is 7.67. The van der Waals surface area contributed by atoms with Crippen molar-refractivity contribution in [1.82, 2.24) is 4.98 Å². The largest absolute Gasteiger partial charge is 0.466 e. The Morgan fingerprint density at radius 3 is 2.45 bits per heavy atom. The molecule has 2 aromatic rings. The van der Waals surface area contributed by atoms with E-state index in [2.05, 4.69) is 45.0 Å². The Balaban J connectivity index is 1.77. The highest BCUT2D eigenvalue weighted by atomic mass is 16.7. The first kappa shape index (κ1) is 21.3. The highest BCUT2D eigenvalue weighted by molar-refractivity contribution is 5.45. The predicted octanol–water partition coefficient (Wildman–Crippen LogP) is 5.56. The molecule has 1 aliphatic carbocycles. The summed E-state index contributed by atoms with van der Waals surface area (Å²) in [4.78, 5) is 4.75. The molecule has 1 unspecified atom stereocenters. The summed E-state index contributed by atoms with van der Waals surface area (Å²) in [6, 6.07) is 14.4. The third kappa shape index (κ3) is 5.34. The Hall–Kier alpha value is -2.43. The van der Waals surface area contributed by atoms with E-state index in [9.17, 15) is 0 Å². The molecule has 1 aliphatic rings. The molecule has 0 aliphatic heterocycles. The van der Waals surface area contributed by atoms with Crippen molar-refractivity contribution in [3.63, 3.8) is 0 Å². The molecular weight excluding hydrogens is 362 g/mol.